The molecule has 0 saturated heterocycles. The van der Waals surface area contributed by atoms with Crippen LogP contribution in [0.1, 0.15) is 19.0 Å². The normalized spacial score (nSPS) is 10.0. The summed E-state index contributed by atoms with van der Waals surface area (Å²) in [6.45, 7) is 4.92. The lowest BCUT2D eigenvalue weighted by molar-refractivity contribution is -0.119. The number of amides is 1. The highest BCUT2D eigenvalue weighted by molar-refractivity contribution is 5.80. The van der Waals surface area contributed by atoms with Gasteiger partial charge in [0.2, 0.25) is 11.9 Å². The Labute approximate surface area is 107 Å². The molecule has 7 nitrogen and oxygen atoms in total. The maximum absolute atomic E-state index is 11.5. The summed E-state index contributed by atoms with van der Waals surface area (Å²) in [5.74, 6) is 6.31. The third-order valence-electron chi connectivity index (χ3n) is 2.40. The highest BCUT2D eigenvalue weighted by atomic mass is 16.1. The molecule has 1 aromatic heterocycles. The molecule has 0 unspecified atom stereocenters. The highest BCUT2D eigenvalue weighted by Gasteiger charge is 2.12. The van der Waals surface area contributed by atoms with Crippen molar-refractivity contribution in [3.8, 4) is 0 Å². The maximum atomic E-state index is 11.5. The fourth-order valence-corrected chi connectivity index (χ4v) is 1.58. The average molecular weight is 252 g/mol. The van der Waals surface area contributed by atoms with E-state index in [0.29, 0.717) is 11.8 Å². The Kier molecular flexibility index (Phi) is 5.31. The van der Waals surface area contributed by atoms with E-state index < -0.39 is 0 Å². The van der Waals surface area contributed by atoms with Crippen LogP contribution < -0.4 is 21.5 Å². The summed E-state index contributed by atoms with van der Waals surface area (Å²) < 4.78 is 0. The molecule has 7 heteroatoms. The summed E-state index contributed by atoms with van der Waals surface area (Å²) >= 11 is 0. The predicted molar refractivity (Wildman–Crippen MR) is 71.1 cm³/mol. The van der Waals surface area contributed by atoms with Crippen LogP contribution in [0.3, 0.4) is 0 Å². The van der Waals surface area contributed by atoms with E-state index >= 15 is 0 Å². The highest BCUT2D eigenvalue weighted by Crippen LogP contribution is 2.14. The number of nitrogens with two attached hydrogens (primary N) is 1. The van der Waals surface area contributed by atoms with Crippen LogP contribution in [0.25, 0.3) is 0 Å². The lowest BCUT2D eigenvalue weighted by atomic mass is 10.3. The van der Waals surface area contributed by atoms with Crippen LogP contribution >= 0.6 is 0 Å². The van der Waals surface area contributed by atoms with Crippen molar-refractivity contribution in [3.63, 3.8) is 0 Å². The van der Waals surface area contributed by atoms with Gasteiger partial charge >= 0.3 is 0 Å². The first-order valence-corrected chi connectivity index (χ1v) is 5.88. The number of hydrogen-bond acceptors (Lipinski definition) is 6. The summed E-state index contributed by atoms with van der Waals surface area (Å²) in [5, 5.41) is 2.60. The Balaban J connectivity index is 2.96. The number of aromatic nitrogens is 2. The minimum absolute atomic E-state index is 0.0537. The van der Waals surface area contributed by atoms with Gasteiger partial charge in [-0.05, 0) is 13.3 Å². The van der Waals surface area contributed by atoms with E-state index in [1.165, 1.54) is 0 Å². The van der Waals surface area contributed by atoms with Gasteiger partial charge in [0, 0.05) is 25.4 Å². The number of hydrazine groups is 1. The third kappa shape index (κ3) is 3.85. The van der Waals surface area contributed by atoms with Gasteiger partial charge in [-0.1, -0.05) is 6.92 Å². The number of carbonyl (C=O) groups excluding carboxylic acids is 1. The molecular weight excluding hydrogens is 232 g/mol. The second-order valence-electron chi connectivity index (χ2n) is 3.93. The molecule has 0 radical (unpaired) electrons. The number of rotatable bonds is 6. The van der Waals surface area contributed by atoms with Crippen molar-refractivity contribution in [2.45, 2.75) is 20.3 Å². The van der Waals surface area contributed by atoms with Crippen LogP contribution in [0.4, 0.5) is 11.8 Å². The van der Waals surface area contributed by atoms with Gasteiger partial charge in [-0.25, -0.2) is 10.8 Å². The lowest BCUT2D eigenvalue weighted by Crippen LogP contribution is -2.36. The van der Waals surface area contributed by atoms with Crippen molar-refractivity contribution in [3.05, 3.63) is 11.8 Å². The molecule has 0 spiro atoms. The molecule has 0 aliphatic heterocycles. The molecule has 1 heterocycles. The van der Waals surface area contributed by atoms with Crippen molar-refractivity contribution >= 4 is 17.7 Å². The summed E-state index contributed by atoms with van der Waals surface area (Å²) in [4.78, 5) is 21.7. The van der Waals surface area contributed by atoms with Crippen molar-refractivity contribution in [1.82, 2.24) is 15.3 Å². The smallest absolute Gasteiger partial charge is 0.239 e. The van der Waals surface area contributed by atoms with Crippen molar-refractivity contribution < 1.29 is 4.79 Å². The van der Waals surface area contributed by atoms with E-state index in [2.05, 4.69) is 20.7 Å². The van der Waals surface area contributed by atoms with Gasteiger partial charge in [-0.2, -0.15) is 4.98 Å². The van der Waals surface area contributed by atoms with Crippen molar-refractivity contribution in [2.24, 2.45) is 5.84 Å². The van der Waals surface area contributed by atoms with Gasteiger partial charge < -0.3 is 10.2 Å². The zero-order chi connectivity index (χ0) is 13.5. The monoisotopic (exact) mass is 252 g/mol. The Morgan fingerprint density at radius 2 is 2.22 bits per heavy atom. The van der Waals surface area contributed by atoms with Crippen LogP contribution in [-0.2, 0) is 4.79 Å². The van der Waals surface area contributed by atoms with Gasteiger partial charge in [0.05, 0.1) is 6.54 Å². The number of nitrogen functional groups attached to an aromatic ring is 1. The molecule has 0 aliphatic carbocycles. The zero-order valence-electron chi connectivity index (χ0n) is 11.0. The van der Waals surface area contributed by atoms with Crippen LogP contribution in [0.2, 0.25) is 0 Å². The molecular formula is C11H20N6O. The molecule has 1 rings (SSSR count). The standard InChI is InChI=1S/C11H20N6O/c1-4-5-17(7-10(18)13-3)9-6-8(2)14-11(15-9)16-12/h6H,4-5,7,12H2,1-3H3,(H,13,18)(H,14,15,16). The number of carbonyl (C=O) groups is 1. The molecule has 0 bridgehead atoms. The van der Waals surface area contributed by atoms with Gasteiger partial charge in [-0.15, -0.1) is 0 Å². The van der Waals surface area contributed by atoms with Crippen molar-refractivity contribution in [2.75, 3.05) is 30.5 Å². The molecule has 18 heavy (non-hydrogen) atoms. The summed E-state index contributed by atoms with van der Waals surface area (Å²) in [6.07, 6.45) is 0.922. The van der Waals surface area contributed by atoms with Crippen LogP contribution in [0, 0.1) is 6.92 Å². The third-order valence-corrected chi connectivity index (χ3v) is 2.40. The fourth-order valence-electron chi connectivity index (χ4n) is 1.58. The number of nitrogens with zero attached hydrogens (tertiary/aromatic N) is 3. The van der Waals surface area contributed by atoms with Gasteiger partial charge in [-0.3, -0.25) is 10.2 Å². The van der Waals surface area contributed by atoms with Gasteiger partial charge in [0.15, 0.2) is 0 Å². The Bertz CT molecular complexity index is 409. The quantitative estimate of drug-likeness (QED) is 0.488. The second kappa shape index (κ2) is 6.75. The molecule has 0 aromatic carbocycles. The van der Waals surface area contributed by atoms with E-state index in [4.69, 9.17) is 5.84 Å². The molecule has 1 aromatic rings. The van der Waals surface area contributed by atoms with Crippen LogP contribution in [0.5, 0.6) is 0 Å². The Morgan fingerprint density at radius 3 is 2.78 bits per heavy atom. The summed E-state index contributed by atoms with van der Waals surface area (Å²) in [7, 11) is 1.62. The molecule has 0 aliphatic rings. The molecule has 0 fully saturated rings. The van der Waals surface area contributed by atoms with E-state index in [-0.39, 0.29) is 12.5 Å². The molecule has 1 amide bonds. The largest absolute Gasteiger partial charge is 0.358 e. The van der Waals surface area contributed by atoms with Gasteiger partial charge in [0.1, 0.15) is 5.82 Å². The molecule has 100 valence electrons. The fraction of sp³-hybridized carbons (Fsp3) is 0.545. The lowest BCUT2D eigenvalue weighted by Gasteiger charge is -2.22. The Morgan fingerprint density at radius 1 is 1.50 bits per heavy atom. The van der Waals surface area contributed by atoms with E-state index in [1.807, 2.05) is 24.8 Å². The minimum atomic E-state index is -0.0537. The van der Waals surface area contributed by atoms with E-state index in [1.54, 1.807) is 7.05 Å². The van der Waals surface area contributed by atoms with E-state index in [0.717, 1.165) is 18.7 Å². The number of aryl methyl sites for hydroxylation is 1. The second-order valence-corrected chi connectivity index (χ2v) is 3.93. The number of hydrogen-bond donors (Lipinski definition) is 3. The van der Waals surface area contributed by atoms with Crippen LogP contribution in [-0.4, -0.2) is 36.0 Å². The van der Waals surface area contributed by atoms with Gasteiger partial charge in [0.25, 0.3) is 0 Å². The number of nitrogens with one attached hydrogen (secondary N) is 2. The van der Waals surface area contributed by atoms with E-state index in [9.17, 15) is 4.79 Å². The molecule has 0 atom stereocenters. The van der Waals surface area contributed by atoms with Crippen molar-refractivity contribution in [1.29, 1.82) is 0 Å². The number of anilines is 2. The van der Waals surface area contributed by atoms with Crippen LogP contribution in [0.15, 0.2) is 6.07 Å². The molecule has 0 saturated carbocycles. The first-order valence-electron chi connectivity index (χ1n) is 5.88. The average Bonchev–Trinajstić information content (AvgIpc) is 2.37. The molecule has 4 N–H and O–H groups in total. The first-order chi connectivity index (χ1) is 8.60. The zero-order valence-corrected chi connectivity index (χ0v) is 11.0. The predicted octanol–water partition coefficient (Wildman–Crippen LogP) is 0.0330. The first kappa shape index (κ1) is 14.2. The topological polar surface area (TPSA) is 96.2 Å². The Hall–Kier alpha value is -1.89. The summed E-state index contributed by atoms with van der Waals surface area (Å²) in [5.41, 5.74) is 3.22. The minimum Gasteiger partial charge on any atom is -0.358 e. The summed E-state index contributed by atoms with van der Waals surface area (Å²) in [6, 6.07) is 1.83. The number of likely N-dealkylation sites (N-methyl/N-ethyl adjacent to an activating group) is 1. The SMILES string of the molecule is CCCN(CC(=O)NC)c1cc(C)nc(NN)n1. The maximum Gasteiger partial charge on any atom is 0.239 e.